The Morgan fingerprint density at radius 2 is 1.43 bits per heavy atom. The molecule has 0 aromatic carbocycles. The van der Waals surface area contributed by atoms with Crippen LogP contribution in [0.15, 0.2) is 0 Å². The second-order valence-electron chi connectivity index (χ2n) is 8.03. The molecular weight excluding hydrogens is 286 g/mol. The van der Waals surface area contributed by atoms with Crippen molar-refractivity contribution in [1.82, 2.24) is 14.7 Å². The van der Waals surface area contributed by atoms with E-state index in [0.29, 0.717) is 24.5 Å². The Bertz CT molecular complexity index is 376. The molecule has 2 unspecified atom stereocenters. The zero-order valence-electron chi connectivity index (χ0n) is 15.2. The molecule has 0 aromatic heterocycles. The van der Waals surface area contributed by atoms with E-state index in [1.165, 1.54) is 64.5 Å². The van der Waals surface area contributed by atoms with Gasteiger partial charge in [0.15, 0.2) is 0 Å². The predicted octanol–water partition coefficient (Wildman–Crippen LogP) is 2.73. The number of piperidine rings is 3. The smallest absolute Gasteiger partial charge is 0.237 e. The number of carbonyl (C=O) groups excluding carboxylic acids is 1. The number of hydrogen-bond acceptors (Lipinski definition) is 3. The normalized spacial score (nSPS) is 32.2. The van der Waals surface area contributed by atoms with Crippen LogP contribution in [0.1, 0.15) is 65.2 Å². The quantitative estimate of drug-likeness (QED) is 0.800. The lowest BCUT2D eigenvalue weighted by Crippen LogP contribution is -2.53. The van der Waals surface area contributed by atoms with E-state index in [4.69, 9.17) is 0 Å². The van der Waals surface area contributed by atoms with E-state index in [1.807, 2.05) is 0 Å². The standard InChI is InChI=1S/C19H35N3O/c1-16-7-6-8-17(2)22(16)19(23)15-20-13-9-18(10-14-20)21-11-4-3-5-12-21/h16-18H,3-15H2,1-2H3. The van der Waals surface area contributed by atoms with E-state index in [2.05, 4.69) is 28.5 Å². The van der Waals surface area contributed by atoms with Crippen molar-refractivity contribution in [1.29, 1.82) is 0 Å². The highest BCUT2D eigenvalue weighted by Gasteiger charge is 2.31. The molecule has 0 N–H and O–H groups in total. The number of rotatable bonds is 3. The number of amides is 1. The third-order valence-electron chi connectivity index (χ3n) is 6.30. The minimum Gasteiger partial charge on any atom is -0.336 e. The molecule has 3 aliphatic rings. The van der Waals surface area contributed by atoms with Gasteiger partial charge in [0, 0.05) is 31.2 Å². The summed E-state index contributed by atoms with van der Waals surface area (Å²) in [5.74, 6) is 0.362. The summed E-state index contributed by atoms with van der Waals surface area (Å²) in [6.45, 7) is 9.87. The summed E-state index contributed by atoms with van der Waals surface area (Å²) >= 11 is 0. The van der Waals surface area contributed by atoms with E-state index in [-0.39, 0.29) is 0 Å². The Labute approximate surface area is 142 Å². The van der Waals surface area contributed by atoms with Gasteiger partial charge in [0.1, 0.15) is 0 Å². The maximum Gasteiger partial charge on any atom is 0.237 e. The minimum absolute atomic E-state index is 0.362. The Morgan fingerprint density at radius 1 is 0.826 bits per heavy atom. The molecule has 3 rings (SSSR count). The first-order valence-electron chi connectivity index (χ1n) is 9.92. The monoisotopic (exact) mass is 321 g/mol. The van der Waals surface area contributed by atoms with Crippen molar-refractivity contribution < 1.29 is 4.79 Å². The van der Waals surface area contributed by atoms with Gasteiger partial charge in [-0.15, -0.1) is 0 Å². The molecule has 1 amide bonds. The Morgan fingerprint density at radius 3 is 2.04 bits per heavy atom. The van der Waals surface area contributed by atoms with Crippen molar-refractivity contribution in [3.05, 3.63) is 0 Å². The molecule has 3 heterocycles. The second kappa shape index (κ2) is 7.98. The van der Waals surface area contributed by atoms with Gasteiger partial charge in [-0.25, -0.2) is 0 Å². The fourth-order valence-corrected chi connectivity index (χ4v) is 4.91. The summed E-state index contributed by atoms with van der Waals surface area (Å²) in [5.41, 5.74) is 0. The maximum absolute atomic E-state index is 12.7. The highest BCUT2D eigenvalue weighted by molar-refractivity contribution is 5.79. The van der Waals surface area contributed by atoms with Gasteiger partial charge in [0.2, 0.25) is 5.91 Å². The van der Waals surface area contributed by atoms with Crippen LogP contribution in [0, 0.1) is 0 Å². The molecule has 132 valence electrons. The first kappa shape index (κ1) is 17.2. The molecule has 4 heteroatoms. The molecule has 0 aliphatic carbocycles. The summed E-state index contributed by atoms with van der Waals surface area (Å²) in [4.78, 5) is 20.0. The SMILES string of the molecule is CC1CCCC(C)N1C(=O)CN1CCC(N2CCCCC2)CC1. The summed E-state index contributed by atoms with van der Waals surface area (Å²) in [6.07, 6.45) is 10.3. The molecule has 3 fully saturated rings. The van der Waals surface area contributed by atoms with Crippen molar-refractivity contribution in [3.63, 3.8) is 0 Å². The lowest BCUT2D eigenvalue weighted by molar-refractivity contribution is -0.138. The van der Waals surface area contributed by atoms with Crippen molar-refractivity contribution in [2.45, 2.75) is 83.3 Å². The van der Waals surface area contributed by atoms with Gasteiger partial charge in [-0.2, -0.15) is 0 Å². The highest BCUT2D eigenvalue weighted by Crippen LogP contribution is 2.24. The van der Waals surface area contributed by atoms with Crippen LogP contribution in [0.4, 0.5) is 0 Å². The average Bonchev–Trinajstić information content (AvgIpc) is 2.56. The maximum atomic E-state index is 12.7. The zero-order valence-corrected chi connectivity index (χ0v) is 15.2. The molecule has 0 spiro atoms. The number of likely N-dealkylation sites (tertiary alicyclic amines) is 3. The van der Waals surface area contributed by atoms with Crippen LogP contribution in [-0.4, -0.2) is 71.5 Å². The highest BCUT2D eigenvalue weighted by atomic mass is 16.2. The van der Waals surface area contributed by atoms with Crippen molar-refractivity contribution in [3.8, 4) is 0 Å². The third-order valence-corrected chi connectivity index (χ3v) is 6.30. The summed E-state index contributed by atoms with van der Waals surface area (Å²) in [5, 5.41) is 0. The second-order valence-corrected chi connectivity index (χ2v) is 8.03. The molecule has 0 saturated carbocycles. The first-order chi connectivity index (χ1) is 11.1. The largest absolute Gasteiger partial charge is 0.336 e. The molecule has 4 nitrogen and oxygen atoms in total. The molecule has 23 heavy (non-hydrogen) atoms. The molecule has 0 bridgehead atoms. The van der Waals surface area contributed by atoms with E-state index in [1.54, 1.807) is 0 Å². The molecular formula is C19H35N3O. The fourth-order valence-electron chi connectivity index (χ4n) is 4.91. The van der Waals surface area contributed by atoms with Crippen LogP contribution in [0.3, 0.4) is 0 Å². The summed E-state index contributed by atoms with van der Waals surface area (Å²) in [6, 6.07) is 1.63. The van der Waals surface area contributed by atoms with Crippen molar-refractivity contribution in [2.75, 3.05) is 32.7 Å². The minimum atomic E-state index is 0.362. The van der Waals surface area contributed by atoms with E-state index < -0.39 is 0 Å². The molecule has 2 atom stereocenters. The van der Waals surface area contributed by atoms with Gasteiger partial charge in [-0.05, 0) is 71.9 Å². The topological polar surface area (TPSA) is 26.8 Å². The number of hydrogen-bond donors (Lipinski definition) is 0. The van der Waals surface area contributed by atoms with Gasteiger partial charge in [-0.1, -0.05) is 6.42 Å². The summed E-state index contributed by atoms with van der Waals surface area (Å²) < 4.78 is 0. The Kier molecular flexibility index (Phi) is 5.97. The molecule has 0 aromatic rings. The van der Waals surface area contributed by atoms with Gasteiger partial charge in [0.25, 0.3) is 0 Å². The zero-order chi connectivity index (χ0) is 16.2. The van der Waals surface area contributed by atoms with Crippen LogP contribution in [0.2, 0.25) is 0 Å². The van der Waals surface area contributed by atoms with Gasteiger partial charge in [0.05, 0.1) is 6.54 Å². The molecule has 3 aliphatic heterocycles. The van der Waals surface area contributed by atoms with Crippen LogP contribution in [0.5, 0.6) is 0 Å². The lowest BCUT2D eigenvalue weighted by Gasteiger charge is -2.42. The fraction of sp³-hybridized carbons (Fsp3) is 0.947. The van der Waals surface area contributed by atoms with Gasteiger partial charge in [-0.3, -0.25) is 9.69 Å². The number of carbonyl (C=O) groups is 1. The molecule has 0 radical (unpaired) electrons. The van der Waals surface area contributed by atoms with E-state index in [0.717, 1.165) is 19.1 Å². The lowest BCUT2D eigenvalue weighted by atomic mass is 9.97. The van der Waals surface area contributed by atoms with Crippen LogP contribution in [-0.2, 0) is 4.79 Å². The summed E-state index contributed by atoms with van der Waals surface area (Å²) in [7, 11) is 0. The molecule has 3 saturated heterocycles. The van der Waals surface area contributed by atoms with Gasteiger partial charge >= 0.3 is 0 Å². The average molecular weight is 322 g/mol. The van der Waals surface area contributed by atoms with E-state index >= 15 is 0 Å². The number of nitrogens with zero attached hydrogens (tertiary/aromatic N) is 3. The van der Waals surface area contributed by atoms with E-state index in [9.17, 15) is 4.79 Å². The Hall–Kier alpha value is -0.610. The van der Waals surface area contributed by atoms with Crippen LogP contribution < -0.4 is 0 Å². The van der Waals surface area contributed by atoms with Crippen LogP contribution >= 0.6 is 0 Å². The third kappa shape index (κ3) is 4.27. The first-order valence-corrected chi connectivity index (χ1v) is 9.92. The Balaban J connectivity index is 1.45. The van der Waals surface area contributed by atoms with Gasteiger partial charge < -0.3 is 9.80 Å². The predicted molar refractivity (Wildman–Crippen MR) is 94.5 cm³/mol. The van der Waals surface area contributed by atoms with Crippen molar-refractivity contribution in [2.24, 2.45) is 0 Å². The van der Waals surface area contributed by atoms with Crippen molar-refractivity contribution >= 4 is 5.91 Å². The van der Waals surface area contributed by atoms with Crippen LogP contribution in [0.25, 0.3) is 0 Å².